The molecule has 0 saturated heterocycles. The number of hydrogen-bond acceptors (Lipinski definition) is 5. The highest BCUT2D eigenvalue weighted by Crippen LogP contribution is 2.33. The average molecular weight is 397 g/mol. The maximum Gasteiger partial charge on any atom is 0.419 e. The molecule has 0 aliphatic heterocycles. The molecule has 0 aliphatic rings. The third-order valence-electron chi connectivity index (χ3n) is 3.74. The van der Waals surface area contributed by atoms with Crippen molar-refractivity contribution in [1.82, 2.24) is 9.55 Å². The monoisotopic (exact) mass is 396 g/mol. The smallest absolute Gasteiger partial charge is 0.419 e. The van der Waals surface area contributed by atoms with Gasteiger partial charge in [-0.25, -0.2) is 4.79 Å². The predicted molar refractivity (Wildman–Crippen MR) is 96.0 cm³/mol. The van der Waals surface area contributed by atoms with Crippen LogP contribution in [-0.4, -0.2) is 20.6 Å². The van der Waals surface area contributed by atoms with Gasteiger partial charge in [0.2, 0.25) is 0 Å². The van der Waals surface area contributed by atoms with Crippen molar-refractivity contribution in [2.75, 3.05) is 0 Å². The van der Waals surface area contributed by atoms with Gasteiger partial charge in [0, 0.05) is 18.8 Å². The van der Waals surface area contributed by atoms with E-state index >= 15 is 0 Å². The third kappa shape index (κ3) is 3.84. The molecule has 7 nitrogen and oxygen atoms in total. The minimum absolute atomic E-state index is 0.0111. The molecule has 0 aliphatic carbocycles. The Kier molecular flexibility index (Phi) is 5.20. The molecule has 2 aromatic heterocycles. The normalized spacial score (nSPS) is 12.3. The van der Waals surface area contributed by atoms with E-state index in [-0.39, 0.29) is 23.6 Å². The molecule has 1 unspecified atom stereocenters. The number of oxazole rings is 1. The number of carbonyl (C=O) groups is 1. The van der Waals surface area contributed by atoms with Gasteiger partial charge in [-0.2, -0.15) is 0 Å². The number of rotatable bonds is 6. The van der Waals surface area contributed by atoms with Gasteiger partial charge in [-0.3, -0.25) is 14.3 Å². The molecule has 2 heterocycles. The lowest BCUT2D eigenvalue weighted by atomic mass is 10.2. The summed E-state index contributed by atoms with van der Waals surface area (Å²) in [5.74, 6) is -1.34. The molecule has 1 N–H and O–H groups in total. The number of hydrogen-bond donors (Lipinski definition) is 1. The van der Waals surface area contributed by atoms with Crippen LogP contribution >= 0.6 is 23.2 Å². The summed E-state index contributed by atoms with van der Waals surface area (Å²) in [7, 11) is 0. The van der Waals surface area contributed by atoms with E-state index in [0.29, 0.717) is 22.0 Å². The molecule has 1 aromatic carbocycles. The molecule has 26 heavy (non-hydrogen) atoms. The molecule has 136 valence electrons. The number of benzene rings is 1. The molecule has 0 fully saturated rings. The summed E-state index contributed by atoms with van der Waals surface area (Å²) in [4.78, 5) is 26.9. The van der Waals surface area contributed by atoms with Crippen LogP contribution in [0.5, 0.6) is 5.75 Å². The van der Waals surface area contributed by atoms with Crippen molar-refractivity contribution in [3.05, 3.63) is 56.8 Å². The highest BCUT2D eigenvalue weighted by molar-refractivity contribution is 6.32. The molecule has 0 spiro atoms. The van der Waals surface area contributed by atoms with Crippen molar-refractivity contribution in [3.8, 4) is 5.75 Å². The second-order valence-corrected chi connectivity index (χ2v) is 6.42. The van der Waals surface area contributed by atoms with Gasteiger partial charge < -0.3 is 14.3 Å². The van der Waals surface area contributed by atoms with E-state index in [1.807, 2.05) is 0 Å². The lowest BCUT2D eigenvalue weighted by Crippen LogP contribution is -2.16. The Bertz CT molecular complexity index is 1010. The molecule has 3 aromatic rings. The highest BCUT2D eigenvalue weighted by atomic mass is 35.5. The van der Waals surface area contributed by atoms with E-state index in [0.717, 1.165) is 0 Å². The van der Waals surface area contributed by atoms with Crippen molar-refractivity contribution in [2.24, 2.45) is 0 Å². The zero-order chi connectivity index (χ0) is 18.8. The van der Waals surface area contributed by atoms with Gasteiger partial charge in [0.15, 0.2) is 5.58 Å². The van der Waals surface area contributed by atoms with Gasteiger partial charge in [-0.1, -0.05) is 23.2 Å². The molecule has 0 radical (unpaired) electrons. The number of ether oxygens (including phenoxy) is 1. The molecule has 1 atom stereocenters. The van der Waals surface area contributed by atoms with Crippen LogP contribution in [0.4, 0.5) is 0 Å². The van der Waals surface area contributed by atoms with Crippen molar-refractivity contribution in [1.29, 1.82) is 0 Å². The minimum atomic E-state index is -1.01. The Balaban J connectivity index is 1.90. The number of aliphatic carboxylic acids is 1. The average Bonchev–Trinajstić information content (AvgIpc) is 2.88. The summed E-state index contributed by atoms with van der Waals surface area (Å²) < 4.78 is 12.2. The fourth-order valence-electron chi connectivity index (χ4n) is 2.45. The maximum absolute atomic E-state index is 11.9. The second kappa shape index (κ2) is 7.39. The number of aryl methyl sites for hydroxylation is 1. The zero-order valence-corrected chi connectivity index (χ0v) is 15.1. The standard InChI is InChI=1S/C17H14Cl2N2O5/c1-9(12-3-2-10(18)8-20-12)25-14-7-15-13(6-11(14)19)21(17(24)26-15)5-4-16(22)23/h2-3,6-9H,4-5H2,1H3,(H,22,23). The number of aromatic nitrogens is 2. The van der Waals surface area contributed by atoms with Crippen molar-refractivity contribution < 1.29 is 19.1 Å². The van der Waals surface area contributed by atoms with Crippen LogP contribution in [0, 0.1) is 0 Å². The number of fused-ring (bicyclic) bond motifs is 1. The van der Waals surface area contributed by atoms with E-state index in [9.17, 15) is 9.59 Å². The molecular formula is C17H14Cl2N2O5. The Hall–Kier alpha value is -2.51. The number of carboxylic acid groups (broad SMARTS) is 1. The first kappa shape index (κ1) is 18.3. The lowest BCUT2D eigenvalue weighted by Gasteiger charge is -2.15. The van der Waals surface area contributed by atoms with E-state index in [1.54, 1.807) is 19.1 Å². The number of halogens is 2. The first-order valence-electron chi connectivity index (χ1n) is 7.68. The largest absolute Gasteiger partial charge is 0.483 e. The summed E-state index contributed by atoms with van der Waals surface area (Å²) in [6.45, 7) is 1.79. The molecule has 0 bridgehead atoms. The van der Waals surface area contributed by atoms with Gasteiger partial charge in [-0.05, 0) is 25.1 Å². The third-order valence-corrected chi connectivity index (χ3v) is 4.26. The minimum Gasteiger partial charge on any atom is -0.483 e. The number of nitrogens with zero attached hydrogens (tertiary/aromatic N) is 2. The van der Waals surface area contributed by atoms with Crippen LogP contribution in [0.2, 0.25) is 10.0 Å². The van der Waals surface area contributed by atoms with E-state index in [2.05, 4.69) is 4.98 Å². The van der Waals surface area contributed by atoms with Crippen LogP contribution in [0.3, 0.4) is 0 Å². The van der Waals surface area contributed by atoms with Crippen molar-refractivity contribution in [2.45, 2.75) is 26.0 Å². The van der Waals surface area contributed by atoms with E-state index in [1.165, 1.54) is 22.9 Å². The van der Waals surface area contributed by atoms with Gasteiger partial charge in [-0.15, -0.1) is 0 Å². The first-order chi connectivity index (χ1) is 12.3. The molecule has 0 saturated carbocycles. The molecule has 0 amide bonds. The lowest BCUT2D eigenvalue weighted by molar-refractivity contribution is -0.137. The summed E-state index contributed by atoms with van der Waals surface area (Å²) in [5.41, 5.74) is 1.33. The quantitative estimate of drug-likeness (QED) is 0.678. The van der Waals surface area contributed by atoms with E-state index < -0.39 is 17.8 Å². The Morgan fingerprint density at radius 2 is 2.15 bits per heavy atom. The van der Waals surface area contributed by atoms with E-state index in [4.69, 9.17) is 37.5 Å². The second-order valence-electron chi connectivity index (χ2n) is 5.58. The summed E-state index contributed by atoms with van der Waals surface area (Å²) >= 11 is 12.1. The summed E-state index contributed by atoms with van der Waals surface area (Å²) in [6.07, 6.45) is 0.898. The topological polar surface area (TPSA) is 94.6 Å². The van der Waals surface area contributed by atoms with Crippen molar-refractivity contribution in [3.63, 3.8) is 0 Å². The fourth-order valence-corrected chi connectivity index (χ4v) is 2.77. The SMILES string of the molecule is CC(Oc1cc2oc(=O)n(CCC(=O)O)c2cc1Cl)c1ccc(Cl)cn1. The maximum atomic E-state index is 11.9. The predicted octanol–water partition coefficient (Wildman–Crippen LogP) is 3.91. The highest BCUT2D eigenvalue weighted by Gasteiger charge is 2.17. The molecular weight excluding hydrogens is 383 g/mol. The van der Waals surface area contributed by atoms with Gasteiger partial charge in [0.05, 0.1) is 27.7 Å². The Morgan fingerprint density at radius 1 is 1.38 bits per heavy atom. The first-order valence-corrected chi connectivity index (χ1v) is 8.43. The summed E-state index contributed by atoms with van der Waals surface area (Å²) in [6, 6.07) is 6.46. The molecule has 9 heteroatoms. The zero-order valence-electron chi connectivity index (χ0n) is 13.6. The van der Waals surface area contributed by atoms with Gasteiger partial charge in [0.25, 0.3) is 0 Å². The Morgan fingerprint density at radius 3 is 2.81 bits per heavy atom. The van der Waals surface area contributed by atoms with Crippen LogP contribution < -0.4 is 10.5 Å². The van der Waals surface area contributed by atoms with Crippen LogP contribution in [0.25, 0.3) is 11.1 Å². The number of carboxylic acids is 1. The van der Waals surface area contributed by atoms with Gasteiger partial charge >= 0.3 is 11.7 Å². The molecule has 3 rings (SSSR count). The van der Waals surface area contributed by atoms with Crippen molar-refractivity contribution >= 4 is 40.3 Å². The van der Waals surface area contributed by atoms with Crippen LogP contribution in [0.15, 0.2) is 39.7 Å². The fraction of sp³-hybridized carbons (Fsp3) is 0.235. The number of pyridine rings is 1. The Labute approximate surface area is 157 Å². The summed E-state index contributed by atoms with van der Waals surface area (Å²) in [5, 5.41) is 9.58. The van der Waals surface area contributed by atoms with Crippen LogP contribution in [-0.2, 0) is 11.3 Å². The van der Waals surface area contributed by atoms with Crippen LogP contribution in [0.1, 0.15) is 25.1 Å². The van der Waals surface area contributed by atoms with Gasteiger partial charge in [0.1, 0.15) is 11.9 Å².